The lowest BCUT2D eigenvalue weighted by Gasteiger charge is -2.12. The van der Waals surface area contributed by atoms with Gasteiger partial charge in [0.1, 0.15) is 0 Å². The van der Waals surface area contributed by atoms with Crippen molar-refractivity contribution in [1.29, 1.82) is 0 Å². The van der Waals surface area contributed by atoms with E-state index in [1.165, 1.54) is 0 Å². The lowest BCUT2D eigenvalue weighted by atomic mass is 10.1. The minimum atomic E-state index is -0.178. The standard InChI is InChI=1S/C11H21NO3/c1-2-3-10(12)6-11(13)15-8-9-4-5-14-7-9/h9-10H,2-8,12H2,1H3. The first-order chi connectivity index (χ1) is 7.22. The summed E-state index contributed by atoms with van der Waals surface area (Å²) in [5.41, 5.74) is 5.74. The summed E-state index contributed by atoms with van der Waals surface area (Å²) in [6.07, 6.45) is 3.21. The van der Waals surface area contributed by atoms with Crippen molar-refractivity contribution in [3.05, 3.63) is 0 Å². The summed E-state index contributed by atoms with van der Waals surface area (Å²) in [5, 5.41) is 0. The third-order valence-electron chi connectivity index (χ3n) is 2.59. The van der Waals surface area contributed by atoms with Gasteiger partial charge >= 0.3 is 5.97 Å². The zero-order valence-electron chi connectivity index (χ0n) is 9.41. The Morgan fingerprint density at radius 1 is 1.67 bits per heavy atom. The van der Waals surface area contributed by atoms with Crippen molar-refractivity contribution in [2.24, 2.45) is 11.7 Å². The predicted octanol–water partition coefficient (Wildman–Crippen LogP) is 1.08. The minimum Gasteiger partial charge on any atom is -0.465 e. The number of carbonyl (C=O) groups is 1. The fourth-order valence-corrected chi connectivity index (χ4v) is 1.67. The molecule has 0 radical (unpaired) electrons. The molecule has 1 aliphatic rings. The van der Waals surface area contributed by atoms with E-state index in [1.807, 2.05) is 0 Å². The second-order valence-corrected chi connectivity index (χ2v) is 4.17. The van der Waals surface area contributed by atoms with E-state index in [4.69, 9.17) is 15.2 Å². The topological polar surface area (TPSA) is 61.6 Å². The van der Waals surface area contributed by atoms with Crippen LogP contribution in [0.3, 0.4) is 0 Å². The van der Waals surface area contributed by atoms with Crippen molar-refractivity contribution >= 4 is 5.97 Å². The fraction of sp³-hybridized carbons (Fsp3) is 0.909. The molecule has 1 rings (SSSR count). The number of carbonyl (C=O) groups excluding carboxylic acids is 1. The van der Waals surface area contributed by atoms with Crippen LogP contribution in [0.25, 0.3) is 0 Å². The third-order valence-corrected chi connectivity index (χ3v) is 2.59. The molecule has 0 spiro atoms. The first kappa shape index (κ1) is 12.5. The summed E-state index contributed by atoms with van der Waals surface area (Å²) in [4.78, 5) is 11.3. The maximum atomic E-state index is 11.3. The van der Waals surface area contributed by atoms with Crippen LogP contribution < -0.4 is 5.73 Å². The van der Waals surface area contributed by atoms with Gasteiger partial charge < -0.3 is 15.2 Å². The van der Waals surface area contributed by atoms with E-state index >= 15 is 0 Å². The van der Waals surface area contributed by atoms with Crippen LogP contribution >= 0.6 is 0 Å². The highest BCUT2D eigenvalue weighted by Crippen LogP contribution is 2.12. The van der Waals surface area contributed by atoms with Crippen LogP contribution in [0.15, 0.2) is 0 Å². The van der Waals surface area contributed by atoms with Crippen LogP contribution in [0.4, 0.5) is 0 Å². The van der Waals surface area contributed by atoms with Gasteiger partial charge in [-0.15, -0.1) is 0 Å². The van der Waals surface area contributed by atoms with E-state index in [-0.39, 0.29) is 12.0 Å². The van der Waals surface area contributed by atoms with Gasteiger partial charge in [0, 0.05) is 18.6 Å². The number of ether oxygens (including phenoxy) is 2. The Morgan fingerprint density at radius 3 is 3.07 bits per heavy atom. The molecule has 2 N–H and O–H groups in total. The Kier molecular flexibility index (Phi) is 5.65. The molecular formula is C11H21NO3. The van der Waals surface area contributed by atoms with Gasteiger partial charge in [-0.3, -0.25) is 4.79 Å². The molecule has 88 valence electrons. The van der Waals surface area contributed by atoms with Gasteiger partial charge in [0.25, 0.3) is 0 Å². The summed E-state index contributed by atoms with van der Waals surface area (Å²) in [6, 6.07) is -0.0534. The molecule has 0 aromatic carbocycles. The number of hydrogen-bond acceptors (Lipinski definition) is 4. The van der Waals surface area contributed by atoms with E-state index in [0.29, 0.717) is 25.6 Å². The second kappa shape index (κ2) is 6.80. The van der Waals surface area contributed by atoms with E-state index in [2.05, 4.69) is 6.92 Å². The number of esters is 1. The van der Waals surface area contributed by atoms with Crippen molar-refractivity contribution < 1.29 is 14.3 Å². The van der Waals surface area contributed by atoms with Crippen LogP contribution in [0, 0.1) is 5.92 Å². The molecule has 1 heterocycles. The first-order valence-electron chi connectivity index (χ1n) is 5.71. The number of nitrogens with two attached hydrogens (primary N) is 1. The van der Waals surface area contributed by atoms with Gasteiger partial charge in [0.2, 0.25) is 0 Å². The smallest absolute Gasteiger partial charge is 0.307 e. The molecule has 2 atom stereocenters. The molecule has 0 aliphatic carbocycles. The molecule has 4 nitrogen and oxygen atoms in total. The van der Waals surface area contributed by atoms with E-state index in [1.54, 1.807) is 0 Å². The normalized spacial score (nSPS) is 22.7. The zero-order valence-corrected chi connectivity index (χ0v) is 9.41. The Hall–Kier alpha value is -0.610. The number of rotatable bonds is 6. The first-order valence-corrected chi connectivity index (χ1v) is 5.71. The Labute approximate surface area is 91.1 Å². The molecule has 0 amide bonds. The van der Waals surface area contributed by atoms with Crippen molar-refractivity contribution in [1.82, 2.24) is 0 Å². The van der Waals surface area contributed by atoms with Gasteiger partial charge in [0.05, 0.1) is 19.6 Å². The third kappa shape index (κ3) is 5.14. The summed E-state index contributed by atoms with van der Waals surface area (Å²) in [7, 11) is 0. The summed E-state index contributed by atoms with van der Waals surface area (Å²) in [5.74, 6) is 0.208. The Bertz CT molecular complexity index is 190. The van der Waals surface area contributed by atoms with E-state index in [9.17, 15) is 4.79 Å². The van der Waals surface area contributed by atoms with Crippen LogP contribution in [0.1, 0.15) is 32.6 Å². The molecule has 2 unspecified atom stereocenters. The SMILES string of the molecule is CCCC(N)CC(=O)OCC1CCOC1. The second-order valence-electron chi connectivity index (χ2n) is 4.17. The Balaban J connectivity index is 2.07. The van der Waals surface area contributed by atoms with Gasteiger partial charge in [0.15, 0.2) is 0 Å². The van der Waals surface area contributed by atoms with Crippen molar-refractivity contribution in [3.63, 3.8) is 0 Å². The lowest BCUT2D eigenvalue weighted by Crippen LogP contribution is -2.25. The highest BCUT2D eigenvalue weighted by Gasteiger charge is 2.18. The molecule has 0 saturated carbocycles. The molecule has 0 aromatic heterocycles. The van der Waals surface area contributed by atoms with Gasteiger partial charge in [-0.1, -0.05) is 13.3 Å². The molecule has 1 fully saturated rings. The van der Waals surface area contributed by atoms with Crippen LogP contribution in [0.2, 0.25) is 0 Å². The maximum absolute atomic E-state index is 11.3. The van der Waals surface area contributed by atoms with Crippen molar-refractivity contribution in [3.8, 4) is 0 Å². The van der Waals surface area contributed by atoms with Gasteiger partial charge in [-0.05, 0) is 12.8 Å². The van der Waals surface area contributed by atoms with Crippen LogP contribution in [0.5, 0.6) is 0 Å². The minimum absolute atomic E-state index is 0.0534. The molecular weight excluding hydrogens is 194 g/mol. The summed E-state index contributed by atoms with van der Waals surface area (Å²) < 4.78 is 10.3. The molecule has 1 saturated heterocycles. The number of hydrogen-bond donors (Lipinski definition) is 1. The molecule has 0 bridgehead atoms. The maximum Gasteiger partial charge on any atom is 0.307 e. The summed E-state index contributed by atoms with van der Waals surface area (Å²) >= 11 is 0. The van der Waals surface area contributed by atoms with Crippen LogP contribution in [-0.4, -0.2) is 31.8 Å². The molecule has 0 aromatic rings. The highest BCUT2D eigenvalue weighted by atomic mass is 16.5. The lowest BCUT2D eigenvalue weighted by molar-refractivity contribution is -0.145. The zero-order chi connectivity index (χ0) is 11.1. The molecule has 1 aliphatic heterocycles. The molecule has 15 heavy (non-hydrogen) atoms. The van der Waals surface area contributed by atoms with E-state index in [0.717, 1.165) is 25.9 Å². The van der Waals surface area contributed by atoms with Crippen LogP contribution in [-0.2, 0) is 14.3 Å². The van der Waals surface area contributed by atoms with Gasteiger partial charge in [-0.25, -0.2) is 0 Å². The quantitative estimate of drug-likeness (QED) is 0.674. The summed E-state index contributed by atoms with van der Waals surface area (Å²) in [6.45, 7) is 4.05. The largest absolute Gasteiger partial charge is 0.465 e. The Morgan fingerprint density at radius 2 is 2.47 bits per heavy atom. The van der Waals surface area contributed by atoms with E-state index < -0.39 is 0 Å². The fourth-order valence-electron chi connectivity index (χ4n) is 1.67. The van der Waals surface area contributed by atoms with Crippen molar-refractivity contribution in [2.45, 2.75) is 38.6 Å². The monoisotopic (exact) mass is 215 g/mol. The highest BCUT2D eigenvalue weighted by molar-refractivity contribution is 5.70. The van der Waals surface area contributed by atoms with Crippen molar-refractivity contribution in [2.75, 3.05) is 19.8 Å². The predicted molar refractivity (Wildman–Crippen MR) is 57.4 cm³/mol. The average Bonchev–Trinajstić information content (AvgIpc) is 2.67. The molecule has 4 heteroatoms. The average molecular weight is 215 g/mol. The van der Waals surface area contributed by atoms with Gasteiger partial charge in [-0.2, -0.15) is 0 Å².